The lowest BCUT2D eigenvalue weighted by Gasteiger charge is -2.64. The highest BCUT2D eigenvalue weighted by molar-refractivity contribution is 7.90. The van der Waals surface area contributed by atoms with Gasteiger partial charge >= 0.3 is 12.1 Å². The van der Waals surface area contributed by atoms with E-state index in [9.17, 15) is 23.4 Å². The zero-order valence-electron chi connectivity index (χ0n) is 26.4. The quantitative estimate of drug-likeness (QED) is 0.349. The maximum absolute atomic E-state index is 12.7. The summed E-state index contributed by atoms with van der Waals surface area (Å²) in [6.07, 6.45) is 9.14. The van der Waals surface area contributed by atoms with Crippen molar-refractivity contribution in [2.45, 2.75) is 110 Å². The van der Waals surface area contributed by atoms with E-state index in [1.807, 2.05) is 11.6 Å². The maximum Gasteiger partial charge on any atom is 0.421 e. The first-order valence-corrected chi connectivity index (χ1v) is 17.8. The van der Waals surface area contributed by atoms with Crippen LogP contribution in [0, 0.1) is 52.3 Å². The standard InChI is InChI=1S/C32H51N3O7S/c1-6-14-41-29-33-16-21(17-34-29)43(39,40)35-30(38)42-18-19(3)23-8-9-24-27-25(11-13-31(23,24)4)32(5)12-10-20(36)15-26(32)22(7-2)28(27)37/h16-17,19-20,22-28,36-37H,6-15,18H2,1-5H3,(H,35,38)/t19-,20-,22-,23-,24+,25+,26+,27+,28-,31-,32-/m1/s1. The third-order valence-electron chi connectivity index (χ3n) is 12.2. The largest absolute Gasteiger partial charge is 0.463 e. The van der Waals surface area contributed by atoms with Crippen LogP contribution < -0.4 is 9.46 Å². The molecule has 0 saturated heterocycles. The molecule has 1 aromatic heterocycles. The smallest absolute Gasteiger partial charge is 0.421 e. The molecule has 4 aliphatic carbocycles. The van der Waals surface area contributed by atoms with Crippen LogP contribution in [0.3, 0.4) is 0 Å². The lowest BCUT2D eigenvalue weighted by atomic mass is 9.41. The van der Waals surface area contributed by atoms with E-state index in [2.05, 4.69) is 37.7 Å². The number of rotatable bonds is 9. The van der Waals surface area contributed by atoms with E-state index in [1.165, 1.54) is 0 Å². The van der Waals surface area contributed by atoms with Crippen molar-refractivity contribution < 1.29 is 32.9 Å². The Hall–Kier alpha value is -1.98. The molecule has 11 heteroatoms. The van der Waals surface area contributed by atoms with Crippen molar-refractivity contribution in [3.05, 3.63) is 12.4 Å². The minimum absolute atomic E-state index is 0.0159. The third kappa shape index (κ3) is 5.90. The normalized spacial score (nSPS) is 39.6. The highest BCUT2D eigenvalue weighted by Crippen LogP contribution is 2.69. The van der Waals surface area contributed by atoms with Crippen LogP contribution in [0.2, 0.25) is 0 Å². The van der Waals surface area contributed by atoms with Crippen molar-refractivity contribution in [2.24, 2.45) is 52.3 Å². The zero-order chi connectivity index (χ0) is 31.2. The molecule has 0 radical (unpaired) electrons. The molecule has 0 aromatic carbocycles. The topological polar surface area (TPSA) is 148 Å². The first kappa shape index (κ1) is 32.4. The second-order valence-electron chi connectivity index (χ2n) is 14.4. The molecule has 0 spiro atoms. The highest BCUT2D eigenvalue weighted by atomic mass is 32.2. The van der Waals surface area contributed by atoms with Crippen LogP contribution >= 0.6 is 0 Å². The van der Waals surface area contributed by atoms with E-state index in [0.717, 1.165) is 70.2 Å². The monoisotopic (exact) mass is 621 g/mol. The van der Waals surface area contributed by atoms with Gasteiger partial charge < -0.3 is 19.7 Å². The van der Waals surface area contributed by atoms with Crippen LogP contribution in [0.25, 0.3) is 0 Å². The predicted octanol–water partition coefficient (Wildman–Crippen LogP) is 4.94. The second kappa shape index (κ2) is 12.4. The van der Waals surface area contributed by atoms with Crippen LogP contribution in [0.15, 0.2) is 17.3 Å². The van der Waals surface area contributed by atoms with Crippen LogP contribution in [0.5, 0.6) is 6.01 Å². The van der Waals surface area contributed by atoms with E-state index in [1.54, 1.807) is 0 Å². The number of aromatic nitrogens is 2. The number of sulfonamides is 1. The van der Waals surface area contributed by atoms with E-state index in [4.69, 9.17) is 9.47 Å². The van der Waals surface area contributed by atoms with Crippen molar-refractivity contribution in [1.82, 2.24) is 14.7 Å². The number of hydrogen-bond donors (Lipinski definition) is 3. The van der Waals surface area contributed by atoms with Crippen LogP contribution in [-0.2, 0) is 14.8 Å². The summed E-state index contributed by atoms with van der Waals surface area (Å²) in [6, 6.07) is 0.0759. The first-order valence-electron chi connectivity index (χ1n) is 16.4. The van der Waals surface area contributed by atoms with Crippen LogP contribution in [0.4, 0.5) is 4.79 Å². The average molecular weight is 622 g/mol. The number of fused-ring (bicyclic) bond motifs is 5. The molecular weight excluding hydrogens is 570 g/mol. The number of nitrogens with one attached hydrogen (secondary N) is 1. The number of nitrogens with zero attached hydrogens (tertiary/aromatic N) is 2. The van der Waals surface area contributed by atoms with Gasteiger partial charge in [0.15, 0.2) is 0 Å². The molecule has 1 heterocycles. The lowest BCUT2D eigenvalue weighted by molar-refractivity contribution is -0.203. The summed E-state index contributed by atoms with van der Waals surface area (Å²) in [5.74, 6) is 2.00. The van der Waals surface area contributed by atoms with E-state index < -0.39 is 16.1 Å². The number of aliphatic hydroxyl groups excluding tert-OH is 2. The van der Waals surface area contributed by atoms with E-state index in [-0.39, 0.29) is 58.3 Å². The Morgan fingerprint density at radius 1 is 1.05 bits per heavy atom. The Labute approximate surface area is 256 Å². The van der Waals surface area contributed by atoms with E-state index >= 15 is 0 Å². The lowest BCUT2D eigenvalue weighted by Crippen LogP contribution is -2.62. The molecule has 3 N–H and O–H groups in total. The van der Waals surface area contributed by atoms with Crippen molar-refractivity contribution >= 4 is 16.1 Å². The summed E-state index contributed by atoms with van der Waals surface area (Å²) >= 11 is 0. The number of aliphatic hydroxyl groups is 2. The van der Waals surface area contributed by atoms with Crippen LogP contribution in [-0.4, -0.2) is 60.1 Å². The summed E-state index contributed by atoms with van der Waals surface area (Å²) in [5.41, 5.74) is 0.164. The molecule has 0 unspecified atom stereocenters. The summed E-state index contributed by atoms with van der Waals surface area (Å²) in [7, 11) is -4.19. The molecule has 242 valence electrons. The summed E-state index contributed by atoms with van der Waals surface area (Å²) in [5, 5.41) is 22.4. The number of carbonyl (C=O) groups excluding carboxylic acids is 1. The molecular formula is C32H51N3O7S. The Kier molecular flexibility index (Phi) is 9.37. The van der Waals surface area contributed by atoms with Crippen molar-refractivity contribution in [2.75, 3.05) is 13.2 Å². The average Bonchev–Trinajstić information content (AvgIpc) is 3.33. The van der Waals surface area contributed by atoms with Gasteiger partial charge in [-0.3, -0.25) is 0 Å². The first-order chi connectivity index (χ1) is 20.4. The predicted molar refractivity (Wildman–Crippen MR) is 160 cm³/mol. The van der Waals surface area contributed by atoms with Gasteiger partial charge in [-0.05, 0) is 104 Å². The molecule has 0 bridgehead atoms. The van der Waals surface area contributed by atoms with Crippen molar-refractivity contribution in [1.29, 1.82) is 0 Å². The Morgan fingerprint density at radius 3 is 2.40 bits per heavy atom. The fourth-order valence-corrected chi connectivity index (χ4v) is 10.9. The molecule has 43 heavy (non-hydrogen) atoms. The zero-order valence-corrected chi connectivity index (χ0v) is 27.2. The molecule has 4 fully saturated rings. The minimum Gasteiger partial charge on any atom is -0.463 e. The maximum atomic E-state index is 12.7. The van der Waals surface area contributed by atoms with Gasteiger partial charge in [-0.2, -0.15) is 0 Å². The van der Waals surface area contributed by atoms with Gasteiger partial charge in [-0.15, -0.1) is 0 Å². The minimum atomic E-state index is -4.19. The van der Waals surface area contributed by atoms with Gasteiger partial charge in [0.2, 0.25) is 0 Å². The van der Waals surface area contributed by atoms with Gasteiger partial charge in [-0.1, -0.05) is 41.0 Å². The molecule has 10 nitrogen and oxygen atoms in total. The van der Waals surface area contributed by atoms with Crippen LogP contribution in [0.1, 0.15) is 92.4 Å². The molecule has 0 aliphatic heterocycles. The van der Waals surface area contributed by atoms with Crippen molar-refractivity contribution in [3.63, 3.8) is 0 Å². The Bertz CT molecular complexity index is 1250. The number of amides is 1. The molecule has 1 amide bonds. The molecule has 4 saturated carbocycles. The molecule has 11 atom stereocenters. The van der Waals surface area contributed by atoms with Gasteiger partial charge in [0.05, 0.1) is 37.8 Å². The molecule has 1 aromatic rings. The number of carbonyl (C=O) groups is 1. The fraction of sp³-hybridized carbons (Fsp3) is 0.844. The number of ether oxygens (including phenoxy) is 2. The summed E-state index contributed by atoms with van der Waals surface area (Å²) < 4.78 is 38.1. The fourth-order valence-electron chi connectivity index (χ4n) is 10.2. The third-order valence-corrected chi connectivity index (χ3v) is 13.5. The van der Waals surface area contributed by atoms with Gasteiger partial charge in [0.1, 0.15) is 4.90 Å². The van der Waals surface area contributed by atoms with Gasteiger partial charge in [0.25, 0.3) is 10.0 Å². The van der Waals surface area contributed by atoms with Crippen molar-refractivity contribution in [3.8, 4) is 6.01 Å². The Balaban J connectivity index is 1.22. The summed E-state index contributed by atoms with van der Waals surface area (Å²) in [4.78, 5) is 20.1. The summed E-state index contributed by atoms with van der Waals surface area (Å²) in [6.45, 7) is 11.5. The Morgan fingerprint density at radius 2 is 1.72 bits per heavy atom. The molecule has 4 aliphatic rings. The highest BCUT2D eigenvalue weighted by Gasteiger charge is 2.64. The van der Waals surface area contributed by atoms with Gasteiger partial charge in [-0.25, -0.2) is 27.9 Å². The SMILES string of the molecule is CCCOc1ncc(S(=O)(=O)NC(=O)OC[C@@H](C)[C@H]2CC[C@H]3[C@@H]4[C@H](O)[C@H](CC)[C@@H]5C[C@H](O)CC[C@]5(C)[C@H]4CC[C@]23C)cn1. The number of hydrogen-bond acceptors (Lipinski definition) is 9. The van der Waals surface area contributed by atoms with Gasteiger partial charge in [0, 0.05) is 0 Å². The van der Waals surface area contributed by atoms with E-state index in [0.29, 0.717) is 30.3 Å². The second-order valence-corrected chi connectivity index (χ2v) is 16.0. The molecule has 5 rings (SSSR count).